The number of nitrogens with two attached hydrogens (primary N) is 1. The molecule has 1 unspecified atom stereocenters. The lowest BCUT2D eigenvalue weighted by Crippen LogP contribution is -2.14. The van der Waals surface area contributed by atoms with Gasteiger partial charge in [0.1, 0.15) is 0 Å². The van der Waals surface area contributed by atoms with Gasteiger partial charge in [0.15, 0.2) is 0 Å². The number of nitro benzene ring substituents is 1. The zero-order valence-electron chi connectivity index (χ0n) is 8.64. The molecule has 0 aliphatic heterocycles. The molecule has 1 aromatic rings. The van der Waals surface area contributed by atoms with Crippen molar-refractivity contribution in [1.29, 1.82) is 0 Å². The standard InChI is InChI=1S/C11H14N2O2/c1-7-2-5-9(13(14)15)6-10(7)11(12)8-3-4-8/h2,5-6,8,11H,3-4,12H2,1H3. The summed E-state index contributed by atoms with van der Waals surface area (Å²) in [5, 5.41) is 10.6. The summed E-state index contributed by atoms with van der Waals surface area (Å²) in [6.07, 6.45) is 2.28. The molecule has 0 bridgehead atoms. The van der Waals surface area contributed by atoms with Crippen molar-refractivity contribution >= 4 is 5.69 Å². The van der Waals surface area contributed by atoms with E-state index in [1.807, 2.05) is 6.92 Å². The molecule has 1 aliphatic rings. The topological polar surface area (TPSA) is 69.2 Å². The van der Waals surface area contributed by atoms with Crippen molar-refractivity contribution in [2.45, 2.75) is 25.8 Å². The Kier molecular flexibility index (Phi) is 2.44. The second kappa shape index (κ2) is 3.62. The molecular formula is C11H14N2O2. The third kappa shape index (κ3) is 1.99. The van der Waals surface area contributed by atoms with Gasteiger partial charge in [-0.15, -0.1) is 0 Å². The summed E-state index contributed by atoms with van der Waals surface area (Å²) in [4.78, 5) is 10.3. The van der Waals surface area contributed by atoms with E-state index in [4.69, 9.17) is 5.73 Å². The Balaban J connectivity index is 2.35. The lowest BCUT2D eigenvalue weighted by Gasteiger charge is -2.13. The highest BCUT2D eigenvalue weighted by atomic mass is 16.6. The van der Waals surface area contributed by atoms with E-state index in [-0.39, 0.29) is 16.7 Å². The molecule has 1 atom stereocenters. The van der Waals surface area contributed by atoms with Crippen molar-refractivity contribution in [3.63, 3.8) is 0 Å². The molecule has 1 aromatic carbocycles. The Labute approximate surface area is 88.2 Å². The molecule has 2 N–H and O–H groups in total. The fourth-order valence-electron chi connectivity index (χ4n) is 1.81. The van der Waals surface area contributed by atoms with Crippen LogP contribution in [0.3, 0.4) is 0 Å². The number of nitro groups is 1. The Morgan fingerprint density at radius 3 is 2.73 bits per heavy atom. The first kappa shape index (κ1) is 10.1. The Morgan fingerprint density at radius 2 is 2.20 bits per heavy atom. The predicted molar refractivity (Wildman–Crippen MR) is 57.5 cm³/mol. The first-order valence-electron chi connectivity index (χ1n) is 5.10. The van der Waals surface area contributed by atoms with Crippen LogP contribution in [0.4, 0.5) is 5.69 Å². The van der Waals surface area contributed by atoms with Crippen LogP contribution in [0.1, 0.15) is 30.0 Å². The molecule has 15 heavy (non-hydrogen) atoms. The van der Waals surface area contributed by atoms with Gasteiger partial charge in [0, 0.05) is 18.2 Å². The van der Waals surface area contributed by atoms with E-state index in [2.05, 4.69) is 0 Å². The van der Waals surface area contributed by atoms with Crippen LogP contribution in [0.5, 0.6) is 0 Å². The summed E-state index contributed by atoms with van der Waals surface area (Å²) in [5.41, 5.74) is 8.14. The highest BCUT2D eigenvalue weighted by molar-refractivity contribution is 5.41. The van der Waals surface area contributed by atoms with Crippen molar-refractivity contribution in [3.05, 3.63) is 39.4 Å². The molecule has 1 aliphatic carbocycles. The van der Waals surface area contributed by atoms with Crippen LogP contribution in [0.15, 0.2) is 18.2 Å². The van der Waals surface area contributed by atoms with Crippen LogP contribution >= 0.6 is 0 Å². The van der Waals surface area contributed by atoms with Crippen molar-refractivity contribution in [3.8, 4) is 0 Å². The number of hydrogen-bond acceptors (Lipinski definition) is 3. The number of aryl methyl sites for hydroxylation is 1. The normalized spacial score (nSPS) is 17.5. The van der Waals surface area contributed by atoms with Crippen molar-refractivity contribution < 1.29 is 4.92 Å². The molecular weight excluding hydrogens is 192 g/mol. The van der Waals surface area contributed by atoms with E-state index < -0.39 is 0 Å². The summed E-state index contributed by atoms with van der Waals surface area (Å²) in [6, 6.07) is 4.87. The third-order valence-corrected chi connectivity index (χ3v) is 2.96. The second-order valence-electron chi connectivity index (χ2n) is 4.16. The van der Waals surface area contributed by atoms with E-state index in [9.17, 15) is 10.1 Å². The molecule has 4 nitrogen and oxygen atoms in total. The smallest absolute Gasteiger partial charge is 0.269 e. The van der Waals surface area contributed by atoms with E-state index in [1.54, 1.807) is 12.1 Å². The van der Waals surface area contributed by atoms with E-state index in [0.717, 1.165) is 24.0 Å². The van der Waals surface area contributed by atoms with E-state index in [1.165, 1.54) is 6.07 Å². The van der Waals surface area contributed by atoms with Gasteiger partial charge in [-0.05, 0) is 36.8 Å². The lowest BCUT2D eigenvalue weighted by molar-refractivity contribution is -0.384. The van der Waals surface area contributed by atoms with Gasteiger partial charge >= 0.3 is 0 Å². The Hall–Kier alpha value is -1.42. The summed E-state index contributed by atoms with van der Waals surface area (Å²) >= 11 is 0. The average molecular weight is 206 g/mol. The van der Waals surface area contributed by atoms with E-state index >= 15 is 0 Å². The van der Waals surface area contributed by atoms with Crippen LogP contribution in [0, 0.1) is 23.0 Å². The van der Waals surface area contributed by atoms with E-state index in [0.29, 0.717) is 5.92 Å². The van der Waals surface area contributed by atoms with Gasteiger partial charge in [0.2, 0.25) is 0 Å². The van der Waals surface area contributed by atoms with Gasteiger partial charge in [0.25, 0.3) is 5.69 Å². The molecule has 0 spiro atoms. The molecule has 1 saturated carbocycles. The van der Waals surface area contributed by atoms with Gasteiger partial charge in [0.05, 0.1) is 4.92 Å². The maximum atomic E-state index is 10.6. The zero-order chi connectivity index (χ0) is 11.0. The number of benzene rings is 1. The Bertz CT molecular complexity index is 400. The fraction of sp³-hybridized carbons (Fsp3) is 0.455. The van der Waals surface area contributed by atoms with Gasteiger partial charge in [-0.25, -0.2) is 0 Å². The lowest BCUT2D eigenvalue weighted by atomic mass is 9.98. The Morgan fingerprint density at radius 1 is 1.53 bits per heavy atom. The predicted octanol–water partition coefficient (Wildman–Crippen LogP) is 2.31. The molecule has 0 aromatic heterocycles. The molecule has 80 valence electrons. The highest BCUT2D eigenvalue weighted by Crippen LogP contribution is 2.40. The summed E-state index contributed by atoms with van der Waals surface area (Å²) in [7, 11) is 0. The van der Waals surface area contributed by atoms with Crippen LogP contribution in [-0.4, -0.2) is 4.92 Å². The van der Waals surface area contributed by atoms with Crippen LogP contribution < -0.4 is 5.73 Å². The fourth-order valence-corrected chi connectivity index (χ4v) is 1.81. The summed E-state index contributed by atoms with van der Waals surface area (Å²) < 4.78 is 0. The van der Waals surface area contributed by atoms with Gasteiger partial charge in [-0.2, -0.15) is 0 Å². The highest BCUT2D eigenvalue weighted by Gasteiger charge is 2.30. The average Bonchev–Trinajstić information content (AvgIpc) is 3.00. The van der Waals surface area contributed by atoms with Crippen LogP contribution in [0.2, 0.25) is 0 Å². The molecule has 4 heteroatoms. The number of hydrogen-bond donors (Lipinski definition) is 1. The quantitative estimate of drug-likeness (QED) is 0.609. The van der Waals surface area contributed by atoms with Gasteiger partial charge in [-0.1, -0.05) is 6.07 Å². The van der Waals surface area contributed by atoms with Crippen molar-refractivity contribution in [2.24, 2.45) is 11.7 Å². The maximum absolute atomic E-state index is 10.6. The number of non-ortho nitro benzene ring substituents is 1. The van der Waals surface area contributed by atoms with Gasteiger partial charge < -0.3 is 5.73 Å². The van der Waals surface area contributed by atoms with Crippen molar-refractivity contribution in [2.75, 3.05) is 0 Å². The van der Waals surface area contributed by atoms with Gasteiger partial charge in [-0.3, -0.25) is 10.1 Å². The largest absolute Gasteiger partial charge is 0.324 e. The monoisotopic (exact) mass is 206 g/mol. The minimum atomic E-state index is -0.372. The molecule has 1 fully saturated rings. The number of nitrogens with zero attached hydrogens (tertiary/aromatic N) is 1. The van der Waals surface area contributed by atoms with Crippen LogP contribution in [0.25, 0.3) is 0 Å². The van der Waals surface area contributed by atoms with Crippen LogP contribution in [-0.2, 0) is 0 Å². The summed E-state index contributed by atoms with van der Waals surface area (Å²) in [5.74, 6) is 0.519. The zero-order valence-corrected chi connectivity index (χ0v) is 8.64. The summed E-state index contributed by atoms with van der Waals surface area (Å²) in [6.45, 7) is 1.95. The molecule has 2 rings (SSSR count). The SMILES string of the molecule is Cc1ccc([N+](=O)[O-])cc1C(N)C1CC1. The third-order valence-electron chi connectivity index (χ3n) is 2.96. The first-order chi connectivity index (χ1) is 7.09. The molecule has 0 saturated heterocycles. The molecule has 0 amide bonds. The minimum Gasteiger partial charge on any atom is -0.324 e. The molecule has 0 heterocycles. The molecule has 0 radical (unpaired) electrons. The minimum absolute atomic E-state index is 0.0371. The number of rotatable bonds is 3. The maximum Gasteiger partial charge on any atom is 0.269 e. The van der Waals surface area contributed by atoms with Crippen molar-refractivity contribution in [1.82, 2.24) is 0 Å². The second-order valence-corrected chi connectivity index (χ2v) is 4.16. The first-order valence-corrected chi connectivity index (χ1v) is 5.10.